The minimum atomic E-state index is -0.491. The summed E-state index contributed by atoms with van der Waals surface area (Å²) in [5.74, 6) is -0.346. The van der Waals surface area contributed by atoms with Gasteiger partial charge in [0.2, 0.25) is 0 Å². The lowest BCUT2D eigenvalue weighted by Gasteiger charge is -2.20. The number of hydrogen-bond acceptors (Lipinski definition) is 3. The van der Waals surface area contributed by atoms with Crippen molar-refractivity contribution in [2.45, 2.75) is 52.1 Å². The number of rotatable bonds is 3. The lowest BCUT2D eigenvalue weighted by molar-refractivity contribution is -0.151. The van der Waals surface area contributed by atoms with E-state index in [2.05, 4.69) is 6.92 Å². The Labute approximate surface area is 80.0 Å². The van der Waals surface area contributed by atoms with Crippen LogP contribution in [-0.4, -0.2) is 29.7 Å². The topological polar surface area (TPSA) is 38.7 Å². The molecule has 1 aliphatic heterocycles. The number of ether oxygens (including phenoxy) is 2. The summed E-state index contributed by atoms with van der Waals surface area (Å²) in [4.78, 5) is 0. The normalized spacial score (nSPS) is 34.8. The first-order chi connectivity index (χ1) is 6.00. The van der Waals surface area contributed by atoms with Crippen LogP contribution in [0.15, 0.2) is 0 Å². The maximum absolute atomic E-state index is 9.04. The van der Waals surface area contributed by atoms with Crippen LogP contribution in [0.1, 0.15) is 34.1 Å². The molecular formula is C10H20O3. The van der Waals surface area contributed by atoms with Gasteiger partial charge in [-0.15, -0.1) is 0 Å². The molecule has 0 radical (unpaired) electrons. The molecule has 3 heteroatoms. The van der Waals surface area contributed by atoms with Crippen molar-refractivity contribution in [2.75, 3.05) is 6.61 Å². The predicted octanol–water partition coefficient (Wildman–Crippen LogP) is 1.54. The maximum atomic E-state index is 9.04. The van der Waals surface area contributed by atoms with Crippen LogP contribution < -0.4 is 0 Å². The molecule has 0 saturated carbocycles. The van der Waals surface area contributed by atoms with E-state index in [1.54, 1.807) is 0 Å². The Balaban J connectivity index is 2.63. The van der Waals surface area contributed by atoms with Gasteiger partial charge in [0.15, 0.2) is 5.79 Å². The number of aliphatic hydroxyl groups is 1. The van der Waals surface area contributed by atoms with E-state index in [1.807, 2.05) is 20.8 Å². The molecule has 1 saturated heterocycles. The zero-order valence-electron chi connectivity index (χ0n) is 8.91. The summed E-state index contributed by atoms with van der Waals surface area (Å²) in [6.45, 7) is 8.05. The summed E-state index contributed by atoms with van der Waals surface area (Å²) in [6.07, 6.45) is 1.08. The Bertz CT molecular complexity index is 168. The van der Waals surface area contributed by atoms with E-state index >= 15 is 0 Å². The first kappa shape index (κ1) is 11.0. The van der Waals surface area contributed by atoms with Crippen LogP contribution in [0.2, 0.25) is 0 Å². The SMILES string of the molecule is CC[C@H]1OC(C)(C)O[C@H]1[C@@H](C)CO. The number of aliphatic hydroxyl groups excluding tert-OH is 1. The minimum absolute atomic E-state index is 0.0324. The van der Waals surface area contributed by atoms with Crippen molar-refractivity contribution in [3.05, 3.63) is 0 Å². The molecule has 0 aromatic heterocycles. The van der Waals surface area contributed by atoms with Gasteiger partial charge in [-0.3, -0.25) is 0 Å². The molecule has 1 fully saturated rings. The molecule has 78 valence electrons. The fourth-order valence-electron chi connectivity index (χ4n) is 1.77. The molecule has 0 bridgehead atoms. The molecule has 13 heavy (non-hydrogen) atoms. The van der Waals surface area contributed by atoms with E-state index in [1.165, 1.54) is 0 Å². The van der Waals surface area contributed by atoms with Gasteiger partial charge < -0.3 is 14.6 Å². The number of hydrogen-bond donors (Lipinski definition) is 1. The van der Waals surface area contributed by atoms with Crippen molar-refractivity contribution < 1.29 is 14.6 Å². The van der Waals surface area contributed by atoms with E-state index in [0.29, 0.717) is 0 Å². The zero-order chi connectivity index (χ0) is 10.1. The average molecular weight is 188 g/mol. The fourth-order valence-corrected chi connectivity index (χ4v) is 1.77. The molecule has 1 heterocycles. The Morgan fingerprint density at radius 2 is 2.00 bits per heavy atom. The summed E-state index contributed by atoms with van der Waals surface area (Å²) >= 11 is 0. The third kappa shape index (κ3) is 2.42. The van der Waals surface area contributed by atoms with Crippen LogP contribution in [0.4, 0.5) is 0 Å². The Kier molecular flexibility index (Phi) is 3.33. The molecule has 0 unspecified atom stereocenters. The lowest BCUT2D eigenvalue weighted by atomic mass is 9.99. The summed E-state index contributed by atoms with van der Waals surface area (Å²) in [7, 11) is 0. The van der Waals surface area contributed by atoms with Crippen LogP contribution in [-0.2, 0) is 9.47 Å². The molecule has 0 spiro atoms. The Morgan fingerprint density at radius 3 is 2.46 bits per heavy atom. The van der Waals surface area contributed by atoms with Gasteiger partial charge in [-0.25, -0.2) is 0 Å². The van der Waals surface area contributed by atoms with Crippen LogP contribution in [0.3, 0.4) is 0 Å². The van der Waals surface area contributed by atoms with Gasteiger partial charge in [0.1, 0.15) is 0 Å². The van der Waals surface area contributed by atoms with Gasteiger partial charge in [0.05, 0.1) is 12.2 Å². The van der Waals surface area contributed by atoms with Gasteiger partial charge in [0, 0.05) is 12.5 Å². The van der Waals surface area contributed by atoms with Crippen LogP contribution in [0.25, 0.3) is 0 Å². The highest BCUT2D eigenvalue weighted by atomic mass is 16.8. The van der Waals surface area contributed by atoms with E-state index in [4.69, 9.17) is 14.6 Å². The maximum Gasteiger partial charge on any atom is 0.163 e. The summed E-state index contributed by atoms with van der Waals surface area (Å²) < 4.78 is 11.4. The first-order valence-corrected chi connectivity index (χ1v) is 4.96. The second-order valence-corrected chi connectivity index (χ2v) is 4.21. The molecular weight excluding hydrogens is 168 g/mol. The summed E-state index contributed by atoms with van der Waals surface area (Å²) in [6, 6.07) is 0. The molecule has 1 N–H and O–H groups in total. The predicted molar refractivity (Wildman–Crippen MR) is 50.4 cm³/mol. The molecule has 3 atom stereocenters. The minimum Gasteiger partial charge on any atom is -0.396 e. The Hall–Kier alpha value is -0.120. The van der Waals surface area contributed by atoms with Gasteiger partial charge >= 0.3 is 0 Å². The largest absolute Gasteiger partial charge is 0.396 e. The summed E-state index contributed by atoms with van der Waals surface area (Å²) in [5, 5.41) is 9.04. The average Bonchev–Trinajstić information content (AvgIpc) is 2.39. The smallest absolute Gasteiger partial charge is 0.163 e. The second-order valence-electron chi connectivity index (χ2n) is 4.21. The van der Waals surface area contributed by atoms with Gasteiger partial charge in [0.25, 0.3) is 0 Å². The third-order valence-corrected chi connectivity index (χ3v) is 2.47. The van der Waals surface area contributed by atoms with Gasteiger partial charge in [-0.05, 0) is 20.3 Å². The first-order valence-electron chi connectivity index (χ1n) is 4.96. The van der Waals surface area contributed by atoms with E-state index in [9.17, 15) is 0 Å². The van der Waals surface area contributed by atoms with Crippen molar-refractivity contribution in [3.8, 4) is 0 Å². The molecule has 1 aliphatic rings. The molecule has 0 aromatic rings. The highest BCUT2D eigenvalue weighted by Crippen LogP contribution is 2.33. The van der Waals surface area contributed by atoms with Crippen molar-refractivity contribution in [1.29, 1.82) is 0 Å². The zero-order valence-corrected chi connectivity index (χ0v) is 8.91. The van der Waals surface area contributed by atoms with Crippen LogP contribution in [0.5, 0.6) is 0 Å². The molecule has 3 nitrogen and oxygen atoms in total. The van der Waals surface area contributed by atoms with E-state index in [0.717, 1.165) is 6.42 Å². The molecule has 0 aromatic carbocycles. The van der Waals surface area contributed by atoms with Gasteiger partial charge in [-0.2, -0.15) is 0 Å². The third-order valence-electron chi connectivity index (χ3n) is 2.47. The van der Waals surface area contributed by atoms with Crippen molar-refractivity contribution in [2.24, 2.45) is 5.92 Å². The lowest BCUT2D eigenvalue weighted by Crippen LogP contribution is -2.31. The van der Waals surface area contributed by atoms with Crippen LogP contribution in [0, 0.1) is 5.92 Å². The second kappa shape index (κ2) is 3.95. The monoisotopic (exact) mass is 188 g/mol. The highest BCUT2D eigenvalue weighted by Gasteiger charge is 2.42. The molecule has 1 rings (SSSR count). The quantitative estimate of drug-likeness (QED) is 0.730. The van der Waals surface area contributed by atoms with E-state index in [-0.39, 0.29) is 24.7 Å². The standard InChI is InChI=1S/C10H20O3/c1-5-8-9(7(2)6-11)13-10(3,4)12-8/h7-9,11H,5-6H2,1-4H3/t7-,8+,9-/m0/s1. The van der Waals surface area contributed by atoms with Crippen molar-refractivity contribution >= 4 is 0 Å². The fraction of sp³-hybridized carbons (Fsp3) is 1.00. The van der Waals surface area contributed by atoms with Crippen LogP contribution >= 0.6 is 0 Å². The van der Waals surface area contributed by atoms with Crippen molar-refractivity contribution in [1.82, 2.24) is 0 Å². The summed E-state index contributed by atoms with van der Waals surface area (Å²) in [5.41, 5.74) is 0. The van der Waals surface area contributed by atoms with Gasteiger partial charge in [-0.1, -0.05) is 13.8 Å². The highest BCUT2D eigenvalue weighted by molar-refractivity contribution is 4.83. The Morgan fingerprint density at radius 1 is 1.38 bits per heavy atom. The molecule has 0 amide bonds. The van der Waals surface area contributed by atoms with Crippen molar-refractivity contribution in [3.63, 3.8) is 0 Å². The van der Waals surface area contributed by atoms with E-state index < -0.39 is 5.79 Å². The molecule has 0 aliphatic carbocycles.